The van der Waals surface area contributed by atoms with E-state index < -0.39 is 35.1 Å². The number of aliphatic hydroxyl groups excluding tert-OH is 1. The first kappa shape index (κ1) is 30.0. The fourth-order valence-corrected chi connectivity index (χ4v) is 7.44. The van der Waals surface area contributed by atoms with Gasteiger partial charge in [0.2, 0.25) is 17.7 Å². The Labute approximate surface area is 238 Å². The Morgan fingerprint density at radius 2 is 1.80 bits per heavy atom. The monoisotopic (exact) mass is 551 g/mol. The van der Waals surface area contributed by atoms with E-state index in [1.54, 1.807) is 26.9 Å². The van der Waals surface area contributed by atoms with Gasteiger partial charge in [-0.05, 0) is 45.1 Å². The minimum absolute atomic E-state index is 0.122. The molecule has 3 aliphatic heterocycles. The number of likely N-dealkylation sites (tertiary alicyclic amines) is 1. The van der Waals surface area contributed by atoms with Crippen LogP contribution in [0.3, 0.4) is 0 Å². The topological polar surface area (TPSA) is 90.4 Å². The van der Waals surface area contributed by atoms with Crippen molar-refractivity contribution in [2.45, 2.75) is 82.7 Å². The predicted octanol–water partition coefficient (Wildman–Crippen LogP) is 3.72. The molecular weight excluding hydrogens is 506 g/mol. The number of amides is 3. The van der Waals surface area contributed by atoms with E-state index in [0.717, 1.165) is 12.0 Å². The first-order valence-corrected chi connectivity index (χ1v) is 14.7. The molecule has 8 nitrogen and oxygen atoms in total. The maximum atomic E-state index is 14.7. The lowest BCUT2D eigenvalue weighted by molar-refractivity contribution is -0.158. The maximum absolute atomic E-state index is 14.7. The molecule has 40 heavy (non-hydrogen) atoms. The van der Waals surface area contributed by atoms with Crippen molar-refractivity contribution in [2.75, 3.05) is 26.2 Å². The Morgan fingerprint density at radius 1 is 1.12 bits per heavy atom. The van der Waals surface area contributed by atoms with Gasteiger partial charge in [-0.25, -0.2) is 0 Å². The fourth-order valence-electron chi connectivity index (χ4n) is 7.44. The molecule has 4 rings (SSSR count). The first-order chi connectivity index (χ1) is 19.2. The SMILES string of the molecule is C=CCN(CCC)C(=O)[C@@H]1[C@H]2C(=O)N([C@H](CO)c3ccccc3)C(C(=O)N(CC=C)C(C)C)C23CC[C@@]1(CC)O3. The summed E-state index contributed by atoms with van der Waals surface area (Å²) in [5.74, 6) is -2.19. The van der Waals surface area contributed by atoms with Crippen LogP contribution in [0.1, 0.15) is 65.0 Å². The van der Waals surface area contributed by atoms with Gasteiger partial charge in [0.1, 0.15) is 11.6 Å². The number of aliphatic hydroxyl groups is 1. The average molecular weight is 552 g/mol. The number of benzene rings is 1. The Hall–Kier alpha value is -2.97. The van der Waals surface area contributed by atoms with Crippen LogP contribution in [-0.4, -0.2) is 87.1 Å². The van der Waals surface area contributed by atoms with E-state index in [1.807, 2.05) is 58.0 Å². The summed E-state index contributed by atoms with van der Waals surface area (Å²) >= 11 is 0. The zero-order valence-electron chi connectivity index (χ0n) is 24.4. The number of carbonyl (C=O) groups excluding carboxylic acids is 3. The number of ether oxygens (including phenoxy) is 1. The van der Waals surface area contributed by atoms with Crippen LogP contribution in [0.15, 0.2) is 55.6 Å². The van der Waals surface area contributed by atoms with Crippen LogP contribution >= 0.6 is 0 Å². The Bertz CT molecular complexity index is 1120. The highest BCUT2D eigenvalue weighted by atomic mass is 16.5. The van der Waals surface area contributed by atoms with Gasteiger partial charge in [-0.15, -0.1) is 13.2 Å². The van der Waals surface area contributed by atoms with Crippen molar-refractivity contribution in [1.82, 2.24) is 14.7 Å². The molecule has 1 spiro atoms. The average Bonchev–Trinajstić information content (AvgIpc) is 3.55. The molecule has 3 heterocycles. The van der Waals surface area contributed by atoms with E-state index in [0.29, 0.717) is 38.9 Å². The molecular formula is C32H45N3O5. The van der Waals surface area contributed by atoms with Crippen molar-refractivity contribution in [3.63, 3.8) is 0 Å². The maximum Gasteiger partial charge on any atom is 0.248 e. The largest absolute Gasteiger partial charge is 0.394 e. The van der Waals surface area contributed by atoms with Crippen LogP contribution < -0.4 is 0 Å². The molecule has 1 N–H and O–H groups in total. The van der Waals surface area contributed by atoms with Crippen LogP contribution in [-0.2, 0) is 19.1 Å². The lowest BCUT2D eigenvalue weighted by Crippen LogP contribution is -2.58. The van der Waals surface area contributed by atoms with Crippen molar-refractivity contribution in [3.8, 4) is 0 Å². The van der Waals surface area contributed by atoms with Gasteiger partial charge in [-0.3, -0.25) is 14.4 Å². The molecule has 1 aromatic rings. The van der Waals surface area contributed by atoms with Gasteiger partial charge >= 0.3 is 0 Å². The van der Waals surface area contributed by atoms with Crippen molar-refractivity contribution >= 4 is 17.7 Å². The number of fused-ring (bicyclic) bond motifs is 1. The quantitative estimate of drug-likeness (QED) is 0.378. The normalized spacial score (nSPS) is 29.4. The summed E-state index contributed by atoms with van der Waals surface area (Å²) in [6.07, 6.45) is 5.81. The molecule has 0 aliphatic carbocycles. The fraction of sp³-hybridized carbons (Fsp3) is 0.594. The molecule has 3 amide bonds. The summed E-state index contributed by atoms with van der Waals surface area (Å²) in [5, 5.41) is 10.7. The standard InChI is InChI=1S/C32H45N3O5/c1-7-18-33(19-8-2)28(37)25-26-29(38)35(24(21-36)23-14-12-11-13-15-23)27(30(39)34(20-9-3)22(5)6)32(26)17-16-31(25,10-4)40-32/h7,9,11-15,22,24-27,36H,1,3,8,10,16-21H2,2,4-6H3/t24-,25+,26+,27?,31-,32?/m1/s1. The highest BCUT2D eigenvalue weighted by Gasteiger charge is 2.79. The molecule has 1 aromatic carbocycles. The Balaban J connectivity index is 1.90. The van der Waals surface area contributed by atoms with Gasteiger partial charge in [0.25, 0.3) is 0 Å². The Morgan fingerprint density at radius 3 is 2.35 bits per heavy atom. The van der Waals surface area contributed by atoms with Crippen molar-refractivity contribution < 1.29 is 24.2 Å². The van der Waals surface area contributed by atoms with Crippen molar-refractivity contribution in [3.05, 3.63) is 61.2 Å². The van der Waals surface area contributed by atoms with Crippen LogP contribution in [0.25, 0.3) is 0 Å². The van der Waals surface area contributed by atoms with Crippen LogP contribution in [0.5, 0.6) is 0 Å². The first-order valence-electron chi connectivity index (χ1n) is 14.7. The van der Waals surface area contributed by atoms with Crippen molar-refractivity contribution in [1.29, 1.82) is 0 Å². The molecule has 0 aromatic heterocycles. The van der Waals surface area contributed by atoms with E-state index in [1.165, 1.54) is 0 Å². The summed E-state index contributed by atoms with van der Waals surface area (Å²) in [4.78, 5) is 48.5. The summed E-state index contributed by atoms with van der Waals surface area (Å²) < 4.78 is 6.94. The summed E-state index contributed by atoms with van der Waals surface area (Å²) in [7, 11) is 0. The summed E-state index contributed by atoms with van der Waals surface area (Å²) in [5.41, 5.74) is -1.25. The van der Waals surface area contributed by atoms with Crippen molar-refractivity contribution in [2.24, 2.45) is 11.8 Å². The van der Waals surface area contributed by atoms with Gasteiger partial charge < -0.3 is 24.5 Å². The summed E-state index contributed by atoms with van der Waals surface area (Å²) in [6, 6.07) is 7.41. The lowest BCUT2D eigenvalue weighted by Gasteiger charge is -2.40. The highest BCUT2D eigenvalue weighted by Crippen LogP contribution is 2.65. The van der Waals surface area contributed by atoms with E-state index in [4.69, 9.17) is 4.74 Å². The molecule has 6 atom stereocenters. The van der Waals surface area contributed by atoms with Crippen LogP contribution in [0.2, 0.25) is 0 Å². The number of hydrogen-bond donors (Lipinski definition) is 1. The van der Waals surface area contributed by atoms with Crippen LogP contribution in [0.4, 0.5) is 0 Å². The number of carbonyl (C=O) groups is 3. The second-order valence-corrected chi connectivity index (χ2v) is 11.6. The highest BCUT2D eigenvalue weighted by molar-refractivity contribution is 5.99. The van der Waals surface area contributed by atoms with Gasteiger partial charge in [0.15, 0.2) is 0 Å². The molecule has 0 saturated carbocycles. The van der Waals surface area contributed by atoms with Gasteiger partial charge in [-0.2, -0.15) is 0 Å². The molecule has 0 radical (unpaired) electrons. The van der Waals surface area contributed by atoms with Gasteiger partial charge in [-0.1, -0.05) is 56.3 Å². The second kappa shape index (κ2) is 11.9. The van der Waals surface area contributed by atoms with E-state index in [2.05, 4.69) is 13.2 Å². The molecule has 3 aliphatic rings. The third kappa shape index (κ3) is 4.59. The number of rotatable bonds is 13. The van der Waals surface area contributed by atoms with Crippen LogP contribution in [0, 0.1) is 11.8 Å². The number of hydrogen-bond acceptors (Lipinski definition) is 5. The third-order valence-corrected chi connectivity index (χ3v) is 9.20. The smallest absolute Gasteiger partial charge is 0.248 e. The predicted molar refractivity (Wildman–Crippen MR) is 154 cm³/mol. The molecule has 2 bridgehead atoms. The second-order valence-electron chi connectivity index (χ2n) is 11.6. The summed E-state index contributed by atoms with van der Waals surface area (Å²) in [6.45, 7) is 16.4. The minimum atomic E-state index is -1.16. The molecule has 3 fully saturated rings. The molecule has 3 saturated heterocycles. The minimum Gasteiger partial charge on any atom is -0.394 e. The molecule has 218 valence electrons. The zero-order chi connectivity index (χ0) is 29.2. The lowest BCUT2D eigenvalue weighted by atomic mass is 9.64. The number of nitrogens with zero attached hydrogens (tertiary/aromatic N) is 3. The molecule has 2 unspecified atom stereocenters. The molecule has 8 heteroatoms. The Kier molecular flexibility index (Phi) is 8.90. The van der Waals surface area contributed by atoms with Gasteiger partial charge in [0.05, 0.1) is 30.1 Å². The van der Waals surface area contributed by atoms with E-state index in [9.17, 15) is 19.5 Å². The van der Waals surface area contributed by atoms with E-state index >= 15 is 0 Å². The zero-order valence-corrected chi connectivity index (χ0v) is 24.4. The van der Waals surface area contributed by atoms with Gasteiger partial charge in [0, 0.05) is 25.7 Å². The van der Waals surface area contributed by atoms with E-state index in [-0.39, 0.29) is 30.4 Å². The third-order valence-electron chi connectivity index (χ3n) is 9.20.